The molecule has 0 rings (SSSR count). The number of hydrogen-bond acceptors (Lipinski definition) is 3. The molecule has 2 N–H and O–H groups in total. The minimum absolute atomic E-state index is 0.192. The zero-order valence-corrected chi connectivity index (χ0v) is 12.8. The Bertz CT molecular complexity index is 350. The summed E-state index contributed by atoms with van der Waals surface area (Å²) >= 11 is 3.27. The number of unbranched alkanes of at least 4 members (excludes halogenated alkanes) is 1. The molecule has 0 amide bonds. The van der Waals surface area contributed by atoms with Crippen molar-refractivity contribution in [2.45, 2.75) is 26.2 Å². The predicted octanol–water partition coefficient (Wildman–Crippen LogP) is 3.32. The number of carbonyl (C=O) groups excluding carboxylic acids is 1. The number of allylic oxidation sites excluding steroid dienone is 3. The molecule has 0 saturated carbocycles. The standard InChI is InChI=1S/C14H22BrNO2/c1-5-7-8-14(10-16,13(17)18-4)12(6-2)9-11(3)15/h6,9H,2-3,5,7-8,10,16H2,1,4H3/b12-9+. The van der Waals surface area contributed by atoms with E-state index in [1.807, 2.05) is 0 Å². The molecule has 0 aromatic heterocycles. The SMILES string of the molecule is C=C/C(=C\C(=C)Br)C(CN)(CCCC)C(=O)OC. The summed E-state index contributed by atoms with van der Waals surface area (Å²) in [6.07, 6.45) is 5.94. The fraction of sp³-hybridized carbons (Fsp3) is 0.500. The Morgan fingerprint density at radius 3 is 2.50 bits per heavy atom. The second kappa shape index (κ2) is 8.27. The highest BCUT2D eigenvalue weighted by Gasteiger charge is 2.40. The fourth-order valence-corrected chi connectivity index (χ4v) is 2.15. The summed E-state index contributed by atoms with van der Waals surface area (Å²) in [6, 6.07) is 0. The smallest absolute Gasteiger partial charge is 0.317 e. The van der Waals surface area contributed by atoms with Gasteiger partial charge in [-0.3, -0.25) is 4.79 Å². The molecule has 102 valence electrons. The van der Waals surface area contributed by atoms with Crippen molar-refractivity contribution in [3.8, 4) is 0 Å². The molecule has 0 aromatic carbocycles. The Hall–Kier alpha value is -0.870. The Morgan fingerprint density at radius 1 is 1.56 bits per heavy atom. The van der Waals surface area contributed by atoms with Crippen LogP contribution in [-0.4, -0.2) is 19.6 Å². The first kappa shape index (κ1) is 17.1. The molecule has 3 nitrogen and oxygen atoms in total. The van der Waals surface area contributed by atoms with Crippen LogP contribution in [0, 0.1) is 5.41 Å². The van der Waals surface area contributed by atoms with Gasteiger partial charge in [0.2, 0.25) is 0 Å². The van der Waals surface area contributed by atoms with Crippen molar-refractivity contribution < 1.29 is 9.53 Å². The maximum Gasteiger partial charge on any atom is 0.317 e. The lowest BCUT2D eigenvalue weighted by atomic mass is 9.75. The molecule has 0 saturated heterocycles. The van der Waals surface area contributed by atoms with E-state index in [-0.39, 0.29) is 12.5 Å². The summed E-state index contributed by atoms with van der Waals surface area (Å²) < 4.78 is 5.59. The molecule has 0 aliphatic rings. The van der Waals surface area contributed by atoms with Crippen molar-refractivity contribution in [3.05, 3.63) is 35.4 Å². The molecular formula is C14H22BrNO2. The van der Waals surface area contributed by atoms with Gasteiger partial charge < -0.3 is 10.5 Å². The molecule has 1 atom stereocenters. The van der Waals surface area contributed by atoms with Crippen LogP contribution in [0.2, 0.25) is 0 Å². The summed E-state index contributed by atoms with van der Waals surface area (Å²) in [7, 11) is 1.38. The quantitative estimate of drug-likeness (QED) is 0.552. The van der Waals surface area contributed by atoms with Gasteiger partial charge in [-0.25, -0.2) is 0 Å². The van der Waals surface area contributed by atoms with Crippen molar-refractivity contribution >= 4 is 21.9 Å². The van der Waals surface area contributed by atoms with Crippen LogP contribution >= 0.6 is 15.9 Å². The lowest BCUT2D eigenvalue weighted by Gasteiger charge is -2.31. The highest BCUT2D eigenvalue weighted by atomic mass is 79.9. The Labute approximate surface area is 118 Å². The van der Waals surface area contributed by atoms with E-state index in [9.17, 15) is 4.79 Å². The van der Waals surface area contributed by atoms with Gasteiger partial charge in [0, 0.05) is 11.0 Å². The average Bonchev–Trinajstić information content (AvgIpc) is 2.37. The highest BCUT2D eigenvalue weighted by Crippen LogP contribution is 2.35. The van der Waals surface area contributed by atoms with Crippen LogP contribution in [0.4, 0.5) is 0 Å². The molecule has 18 heavy (non-hydrogen) atoms. The van der Waals surface area contributed by atoms with E-state index in [4.69, 9.17) is 10.5 Å². The molecule has 0 aromatic rings. The van der Waals surface area contributed by atoms with Crippen LogP contribution in [-0.2, 0) is 9.53 Å². The first-order chi connectivity index (χ1) is 8.48. The maximum absolute atomic E-state index is 12.1. The number of rotatable bonds is 8. The van der Waals surface area contributed by atoms with Crippen molar-refractivity contribution in [2.75, 3.05) is 13.7 Å². The third-order valence-corrected chi connectivity index (χ3v) is 3.20. The van der Waals surface area contributed by atoms with E-state index in [0.29, 0.717) is 10.9 Å². The fourth-order valence-electron chi connectivity index (χ4n) is 1.90. The van der Waals surface area contributed by atoms with Crippen LogP contribution in [0.5, 0.6) is 0 Å². The summed E-state index contributed by atoms with van der Waals surface area (Å²) in [4.78, 5) is 12.1. The van der Waals surface area contributed by atoms with Crippen molar-refractivity contribution in [1.82, 2.24) is 0 Å². The normalized spacial score (nSPS) is 14.8. The molecular weight excluding hydrogens is 294 g/mol. The zero-order chi connectivity index (χ0) is 14.2. The Balaban J connectivity index is 5.58. The van der Waals surface area contributed by atoms with Crippen LogP contribution in [0.3, 0.4) is 0 Å². The van der Waals surface area contributed by atoms with Crippen molar-refractivity contribution in [2.24, 2.45) is 11.1 Å². The second-order valence-corrected chi connectivity index (χ2v) is 5.15. The van der Waals surface area contributed by atoms with Gasteiger partial charge >= 0.3 is 5.97 Å². The minimum Gasteiger partial charge on any atom is -0.468 e. The van der Waals surface area contributed by atoms with Gasteiger partial charge in [-0.1, -0.05) is 54.9 Å². The van der Waals surface area contributed by atoms with Gasteiger partial charge in [-0.05, 0) is 18.1 Å². The molecule has 0 aliphatic heterocycles. The van der Waals surface area contributed by atoms with E-state index < -0.39 is 5.41 Å². The lowest BCUT2D eigenvalue weighted by Crippen LogP contribution is -2.41. The van der Waals surface area contributed by atoms with Gasteiger partial charge in [0.25, 0.3) is 0 Å². The van der Waals surface area contributed by atoms with Gasteiger partial charge in [0.1, 0.15) is 5.41 Å². The largest absolute Gasteiger partial charge is 0.468 e. The molecule has 0 bridgehead atoms. The van der Waals surface area contributed by atoms with Crippen molar-refractivity contribution in [1.29, 1.82) is 0 Å². The summed E-state index contributed by atoms with van der Waals surface area (Å²) in [5.41, 5.74) is 5.76. The summed E-state index contributed by atoms with van der Waals surface area (Å²) in [5, 5.41) is 0. The number of carbonyl (C=O) groups is 1. The van der Waals surface area contributed by atoms with Gasteiger partial charge in [0.15, 0.2) is 0 Å². The summed E-state index contributed by atoms with van der Waals surface area (Å²) in [6.45, 7) is 9.78. The molecule has 4 heteroatoms. The average molecular weight is 316 g/mol. The number of nitrogens with two attached hydrogens (primary N) is 1. The van der Waals surface area contributed by atoms with Crippen LogP contribution in [0.1, 0.15) is 26.2 Å². The number of halogens is 1. The first-order valence-corrected chi connectivity index (χ1v) is 6.75. The van der Waals surface area contributed by atoms with Gasteiger partial charge in [-0.15, -0.1) is 0 Å². The number of ether oxygens (including phenoxy) is 1. The maximum atomic E-state index is 12.1. The topological polar surface area (TPSA) is 52.3 Å². The van der Waals surface area contributed by atoms with Crippen LogP contribution < -0.4 is 5.73 Å². The van der Waals surface area contributed by atoms with E-state index >= 15 is 0 Å². The molecule has 0 heterocycles. The molecule has 1 unspecified atom stereocenters. The van der Waals surface area contributed by atoms with Gasteiger partial charge in [-0.2, -0.15) is 0 Å². The molecule has 0 spiro atoms. The van der Waals surface area contributed by atoms with E-state index in [1.165, 1.54) is 7.11 Å². The molecule has 0 aliphatic carbocycles. The third-order valence-electron chi connectivity index (χ3n) is 2.97. The number of hydrogen-bond donors (Lipinski definition) is 1. The highest BCUT2D eigenvalue weighted by molar-refractivity contribution is 9.11. The summed E-state index contributed by atoms with van der Waals surface area (Å²) in [5.74, 6) is -0.321. The molecule has 0 radical (unpaired) electrons. The van der Waals surface area contributed by atoms with Crippen LogP contribution in [0.25, 0.3) is 0 Å². The number of methoxy groups -OCH3 is 1. The zero-order valence-electron chi connectivity index (χ0n) is 11.2. The van der Waals surface area contributed by atoms with Crippen molar-refractivity contribution in [3.63, 3.8) is 0 Å². The number of esters is 1. The third kappa shape index (κ3) is 4.10. The van der Waals surface area contributed by atoms with E-state index in [0.717, 1.165) is 18.4 Å². The first-order valence-electron chi connectivity index (χ1n) is 5.96. The van der Waals surface area contributed by atoms with Crippen LogP contribution in [0.15, 0.2) is 35.4 Å². The lowest BCUT2D eigenvalue weighted by molar-refractivity contribution is -0.150. The second-order valence-electron chi connectivity index (χ2n) is 4.13. The molecule has 0 fully saturated rings. The Morgan fingerprint density at radius 2 is 2.17 bits per heavy atom. The monoisotopic (exact) mass is 315 g/mol. The Kier molecular flexibility index (Phi) is 7.87. The van der Waals surface area contributed by atoms with E-state index in [2.05, 4.69) is 36.0 Å². The van der Waals surface area contributed by atoms with E-state index in [1.54, 1.807) is 12.2 Å². The minimum atomic E-state index is -0.830. The van der Waals surface area contributed by atoms with Gasteiger partial charge in [0.05, 0.1) is 7.11 Å². The predicted molar refractivity (Wildman–Crippen MR) is 79.4 cm³/mol.